The zero-order valence-electron chi connectivity index (χ0n) is 11.8. The predicted molar refractivity (Wildman–Crippen MR) is 72.5 cm³/mol. The van der Waals surface area contributed by atoms with Gasteiger partial charge in [0.25, 0.3) is 0 Å². The normalized spacial score (nSPS) is 14.9. The van der Waals surface area contributed by atoms with Crippen molar-refractivity contribution >= 4 is 0 Å². The molecule has 0 saturated carbocycles. The smallest absolute Gasteiger partial charge is 0.306 e. The molecule has 0 unspecified atom stereocenters. The Morgan fingerprint density at radius 3 is 2.57 bits per heavy atom. The third kappa shape index (κ3) is 4.04. The van der Waals surface area contributed by atoms with Gasteiger partial charge in [-0.15, -0.1) is 0 Å². The van der Waals surface area contributed by atoms with Crippen molar-refractivity contribution in [2.24, 2.45) is 0 Å². The Morgan fingerprint density at radius 1 is 1.24 bits per heavy atom. The zero-order chi connectivity index (χ0) is 15.5. The van der Waals surface area contributed by atoms with Crippen molar-refractivity contribution in [2.45, 2.75) is 38.7 Å². The second-order valence-corrected chi connectivity index (χ2v) is 4.99. The number of benzene rings is 1. The summed E-state index contributed by atoms with van der Waals surface area (Å²) in [7, 11) is 0. The van der Waals surface area contributed by atoms with Crippen molar-refractivity contribution in [1.29, 1.82) is 0 Å². The first-order valence-corrected chi connectivity index (χ1v) is 6.62. The molecular formula is C14H17F3N4. The molecule has 2 aromatic rings. The highest BCUT2D eigenvalue weighted by atomic mass is 19.4. The van der Waals surface area contributed by atoms with Crippen molar-refractivity contribution < 1.29 is 13.2 Å². The first kappa shape index (κ1) is 15.5. The molecule has 1 N–H and O–H groups in total. The Morgan fingerprint density at radius 2 is 1.95 bits per heavy atom. The molecule has 0 amide bonds. The zero-order valence-corrected chi connectivity index (χ0v) is 11.8. The van der Waals surface area contributed by atoms with E-state index in [9.17, 15) is 13.2 Å². The van der Waals surface area contributed by atoms with Gasteiger partial charge in [-0.25, -0.2) is 4.98 Å². The van der Waals surface area contributed by atoms with E-state index in [0.29, 0.717) is 6.54 Å². The van der Waals surface area contributed by atoms with Gasteiger partial charge in [0.05, 0.1) is 12.1 Å². The fourth-order valence-corrected chi connectivity index (χ4v) is 2.31. The summed E-state index contributed by atoms with van der Waals surface area (Å²) in [5.41, 5.74) is -0.353. The minimum atomic E-state index is -4.35. The second-order valence-electron chi connectivity index (χ2n) is 4.99. The fraction of sp³-hybridized carbons (Fsp3) is 0.429. The van der Waals surface area contributed by atoms with Gasteiger partial charge >= 0.3 is 6.18 Å². The molecule has 0 spiro atoms. The van der Waals surface area contributed by atoms with Gasteiger partial charge < -0.3 is 5.32 Å². The maximum absolute atomic E-state index is 13.0. The summed E-state index contributed by atoms with van der Waals surface area (Å²) >= 11 is 0. The maximum atomic E-state index is 13.0. The Bertz CT molecular complexity index is 566. The summed E-state index contributed by atoms with van der Waals surface area (Å²) in [4.78, 5) is 3.83. The minimum absolute atomic E-state index is 0.0389. The van der Waals surface area contributed by atoms with Gasteiger partial charge in [-0.1, -0.05) is 18.2 Å². The SMILES string of the molecule is C[C@H](N[C@@H](C)Cn1cncn1)c1ccccc1C(F)(F)F. The molecular weight excluding hydrogens is 281 g/mol. The number of hydrogen-bond donors (Lipinski definition) is 1. The lowest BCUT2D eigenvalue weighted by atomic mass is 10.0. The van der Waals surface area contributed by atoms with Crippen LogP contribution >= 0.6 is 0 Å². The molecule has 0 fully saturated rings. The number of rotatable bonds is 5. The van der Waals surface area contributed by atoms with Crippen molar-refractivity contribution in [3.05, 3.63) is 48.0 Å². The molecule has 1 heterocycles. The van der Waals surface area contributed by atoms with Gasteiger partial charge in [0, 0.05) is 12.1 Å². The van der Waals surface area contributed by atoms with Gasteiger partial charge in [0.1, 0.15) is 12.7 Å². The summed E-state index contributed by atoms with van der Waals surface area (Å²) in [6, 6.07) is 5.17. The Labute approximate surface area is 121 Å². The average Bonchev–Trinajstić information content (AvgIpc) is 2.90. The summed E-state index contributed by atoms with van der Waals surface area (Å²) in [5, 5.41) is 7.14. The van der Waals surface area contributed by atoms with Crippen LogP contribution in [0.3, 0.4) is 0 Å². The van der Waals surface area contributed by atoms with Crippen LogP contribution in [0, 0.1) is 0 Å². The third-order valence-electron chi connectivity index (χ3n) is 3.19. The molecule has 1 aromatic heterocycles. The molecule has 0 aliphatic heterocycles. The molecule has 0 bridgehead atoms. The van der Waals surface area contributed by atoms with Crippen molar-refractivity contribution in [3.63, 3.8) is 0 Å². The Kier molecular flexibility index (Phi) is 4.62. The second kappa shape index (κ2) is 6.26. The van der Waals surface area contributed by atoms with Crippen LogP contribution in [-0.4, -0.2) is 20.8 Å². The number of alkyl halides is 3. The number of hydrogen-bond acceptors (Lipinski definition) is 3. The summed E-state index contributed by atoms with van der Waals surface area (Å²) in [5.74, 6) is 0. The standard InChI is InChI=1S/C14H17F3N4/c1-10(7-21-9-18-8-19-21)20-11(2)12-5-3-4-6-13(12)14(15,16)17/h3-6,8-11,20H,7H2,1-2H3/t10-,11-/m0/s1. The predicted octanol–water partition coefficient (Wildman–Crippen LogP) is 3.04. The van der Waals surface area contributed by atoms with E-state index in [1.807, 2.05) is 6.92 Å². The molecule has 7 heteroatoms. The molecule has 2 rings (SSSR count). The Balaban J connectivity index is 2.08. The fourth-order valence-electron chi connectivity index (χ4n) is 2.31. The van der Waals surface area contributed by atoms with Crippen molar-refractivity contribution in [1.82, 2.24) is 20.1 Å². The van der Waals surface area contributed by atoms with Crippen LogP contribution in [-0.2, 0) is 12.7 Å². The van der Waals surface area contributed by atoms with Crippen LogP contribution in [0.4, 0.5) is 13.2 Å². The van der Waals surface area contributed by atoms with Gasteiger partial charge in [0.2, 0.25) is 0 Å². The van der Waals surface area contributed by atoms with Crippen LogP contribution in [0.15, 0.2) is 36.9 Å². The van der Waals surface area contributed by atoms with E-state index in [4.69, 9.17) is 0 Å². The topological polar surface area (TPSA) is 42.7 Å². The van der Waals surface area contributed by atoms with E-state index >= 15 is 0 Å². The highest BCUT2D eigenvalue weighted by Gasteiger charge is 2.34. The van der Waals surface area contributed by atoms with Crippen LogP contribution < -0.4 is 5.32 Å². The molecule has 1 aromatic carbocycles. The lowest BCUT2D eigenvalue weighted by Gasteiger charge is -2.23. The minimum Gasteiger partial charge on any atom is -0.306 e. The number of nitrogens with zero attached hydrogens (tertiary/aromatic N) is 3. The highest BCUT2D eigenvalue weighted by molar-refractivity contribution is 5.32. The average molecular weight is 298 g/mol. The molecule has 114 valence electrons. The van der Waals surface area contributed by atoms with Crippen molar-refractivity contribution in [2.75, 3.05) is 0 Å². The first-order chi connectivity index (χ1) is 9.88. The number of aromatic nitrogens is 3. The van der Waals surface area contributed by atoms with Gasteiger partial charge in [-0.05, 0) is 25.5 Å². The number of nitrogens with one attached hydrogen (secondary N) is 1. The van der Waals surface area contributed by atoms with Crippen LogP contribution in [0.5, 0.6) is 0 Å². The molecule has 0 saturated heterocycles. The van der Waals surface area contributed by atoms with E-state index in [2.05, 4.69) is 15.4 Å². The quantitative estimate of drug-likeness (QED) is 0.922. The van der Waals surface area contributed by atoms with Gasteiger partial charge in [0.15, 0.2) is 0 Å². The summed E-state index contributed by atoms with van der Waals surface area (Å²) in [6.07, 6.45) is -1.34. The largest absolute Gasteiger partial charge is 0.416 e. The van der Waals surface area contributed by atoms with Crippen LogP contribution in [0.1, 0.15) is 31.0 Å². The molecule has 21 heavy (non-hydrogen) atoms. The van der Waals surface area contributed by atoms with Crippen LogP contribution in [0.25, 0.3) is 0 Å². The van der Waals surface area contributed by atoms with Crippen LogP contribution in [0.2, 0.25) is 0 Å². The number of halogens is 3. The van der Waals surface area contributed by atoms with E-state index in [1.54, 1.807) is 24.0 Å². The lowest BCUT2D eigenvalue weighted by Crippen LogP contribution is -2.33. The maximum Gasteiger partial charge on any atom is 0.416 e. The first-order valence-electron chi connectivity index (χ1n) is 6.62. The molecule has 4 nitrogen and oxygen atoms in total. The lowest BCUT2D eigenvalue weighted by molar-refractivity contribution is -0.138. The molecule has 0 aliphatic rings. The molecule has 0 radical (unpaired) electrons. The van der Waals surface area contributed by atoms with E-state index in [1.165, 1.54) is 18.5 Å². The summed E-state index contributed by atoms with van der Waals surface area (Å²) in [6.45, 7) is 4.16. The highest BCUT2D eigenvalue weighted by Crippen LogP contribution is 2.34. The summed E-state index contributed by atoms with van der Waals surface area (Å²) < 4.78 is 40.6. The monoisotopic (exact) mass is 298 g/mol. The van der Waals surface area contributed by atoms with E-state index in [-0.39, 0.29) is 11.6 Å². The third-order valence-corrected chi connectivity index (χ3v) is 3.19. The van der Waals surface area contributed by atoms with Gasteiger partial charge in [-0.3, -0.25) is 4.68 Å². The molecule has 2 atom stereocenters. The molecule has 0 aliphatic carbocycles. The van der Waals surface area contributed by atoms with E-state index in [0.717, 1.165) is 6.07 Å². The van der Waals surface area contributed by atoms with Crippen molar-refractivity contribution in [3.8, 4) is 0 Å². The van der Waals surface area contributed by atoms with E-state index < -0.39 is 17.8 Å². The van der Waals surface area contributed by atoms with Gasteiger partial charge in [-0.2, -0.15) is 18.3 Å². The Hall–Kier alpha value is -1.89.